The largest absolute Gasteiger partial charge is 0.397 e. The lowest BCUT2D eigenvalue weighted by molar-refractivity contribution is 0.601. The lowest BCUT2D eigenvalue weighted by Crippen LogP contribution is -2.14. The molecule has 19 heavy (non-hydrogen) atoms. The van der Waals surface area contributed by atoms with Gasteiger partial charge in [0.15, 0.2) is 0 Å². The quantitative estimate of drug-likeness (QED) is 0.766. The molecule has 0 radical (unpaired) electrons. The van der Waals surface area contributed by atoms with Crippen molar-refractivity contribution in [1.29, 1.82) is 0 Å². The van der Waals surface area contributed by atoms with Gasteiger partial charge in [-0.2, -0.15) is 0 Å². The Labute approximate surface area is 128 Å². The van der Waals surface area contributed by atoms with E-state index >= 15 is 0 Å². The Hall–Kier alpha value is -1.05. The van der Waals surface area contributed by atoms with Crippen LogP contribution in [0.15, 0.2) is 56.3 Å². The first-order valence-electron chi connectivity index (χ1n) is 5.22. The van der Waals surface area contributed by atoms with Crippen molar-refractivity contribution in [1.82, 2.24) is 0 Å². The van der Waals surface area contributed by atoms with Gasteiger partial charge >= 0.3 is 0 Å². The Kier molecular flexibility index (Phi) is 4.17. The van der Waals surface area contributed by atoms with E-state index in [1.807, 2.05) is 0 Å². The summed E-state index contributed by atoms with van der Waals surface area (Å²) in [5, 5.41) is 0. The maximum absolute atomic E-state index is 12.3. The highest BCUT2D eigenvalue weighted by atomic mass is 79.9. The highest BCUT2D eigenvalue weighted by Crippen LogP contribution is 2.28. The number of nitrogens with two attached hydrogens (primary N) is 1. The van der Waals surface area contributed by atoms with E-state index in [-0.39, 0.29) is 4.90 Å². The molecule has 0 aliphatic heterocycles. The van der Waals surface area contributed by atoms with E-state index in [0.29, 0.717) is 15.8 Å². The molecule has 7 heteroatoms. The van der Waals surface area contributed by atoms with E-state index in [1.54, 1.807) is 36.4 Å². The molecule has 0 unspecified atom stereocenters. The van der Waals surface area contributed by atoms with Crippen molar-refractivity contribution >= 4 is 53.3 Å². The minimum absolute atomic E-state index is 0.164. The number of rotatable bonds is 3. The highest BCUT2D eigenvalue weighted by molar-refractivity contribution is 9.10. The molecule has 0 aromatic heterocycles. The van der Waals surface area contributed by atoms with Gasteiger partial charge in [0.2, 0.25) is 0 Å². The van der Waals surface area contributed by atoms with Crippen LogP contribution < -0.4 is 10.5 Å². The van der Waals surface area contributed by atoms with Crippen LogP contribution in [0.1, 0.15) is 0 Å². The van der Waals surface area contributed by atoms with Crippen LogP contribution in [0, 0.1) is 0 Å². The van der Waals surface area contributed by atoms with Gasteiger partial charge in [0.25, 0.3) is 10.0 Å². The summed E-state index contributed by atoms with van der Waals surface area (Å²) in [5.74, 6) is 0. The summed E-state index contributed by atoms with van der Waals surface area (Å²) in [6.07, 6.45) is 0. The molecule has 0 saturated heterocycles. The number of anilines is 2. The normalized spacial score (nSPS) is 11.3. The number of hydrogen-bond acceptors (Lipinski definition) is 3. The summed E-state index contributed by atoms with van der Waals surface area (Å²) in [6.45, 7) is 0. The van der Waals surface area contributed by atoms with E-state index < -0.39 is 10.0 Å². The summed E-state index contributed by atoms with van der Waals surface area (Å²) < 4.78 is 28.3. The Morgan fingerprint density at radius 3 is 2.37 bits per heavy atom. The average Bonchev–Trinajstić information content (AvgIpc) is 2.33. The number of halogens is 2. The standard InChI is InChI=1S/C12H10Br2N2O2S/c13-8-5-6-11(10(15)7-8)16-19(17,18)12-4-2-1-3-9(12)14/h1-7,16H,15H2. The summed E-state index contributed by atoms with van der Waals surface area (Å²) in [5.41, 5.74) is 6.47. The molecule has 2 aromatic carbocycles. The van der Waals surface area contributed by atoms with Crippen molar-refractivity contribution in [2.24, 2.45) is 0 Å². The van der Waals surface area contributed by atoms with Crippen molar-refractivity contribution in [2.45, 2.75) is 4.90 Å². The van der Waals surface area contributed by atoms with Crippen molar-refractivity contribution in [3.05, 3.63) is 51.4 Å². The molecule has 2 rings (SSSR count). The highest BCUT2D eigenvalue weighted by Gasteiger charge is 2.18. The van der Waals surface area contributed by atoms with Gasteiger partial charge in [-0.25, -0.2) is 8.42 Å². The second-order valence-electron chi connectivity index (χ2n) is 3.77. The molecule has 2 aromatic rings. The van der Waals surface area contributed by atoms with Crippen LogP contribution in [0.5, 0.6) is 0 Å². The fraction of sp³-hybridized carbons (Fsp3) is 0. The number of benzene rings is 2. The zero-order valence-corrected chi connectivity index (χ0v) is 13.6. The Morgan fingerprint density at radius 2 is 1.74 bits per heavy atom. The SMILES string of the molecule is Nc1cc(Br)ccc1NS(=O)(=O)c1ccccc1Br. The predicted molar refractivity (Wildman–Crippen MR) is 83.5 cm³/mol. The molecular formula is C12H10Br2N2O2S. The smallest absolute Gasteiger partial charge is 0.263 e. The lowest BCUT2D eigenvalue weighted by Gasteiger charge is -2.11. The van der Waals surface area contributed by atoms with Gasteiger partial charge in [-0.05, 0) is 46.3 Å². The van der Waals surface area contributed by atoms with E-state index in [4.69, 9.17) is 5.73 Å². The minimum atomic E-state index is -3.67. The maximum atomic E-state index is 12.3. The number of nitrogen functional groups attached to an aromatic ring is 1. The van der Waals surface area contributed by atoms with Gasteiger partial charge < -0.3 is 5.73 Å². The summed E-state index contributed by atoms with van der Waals surface area (Å²) >= 11 is 6.49. The van der Waals surface area contributed by atoms with Crippen molar-refractivity contribution in [3.63, 3.8) is 0 Å². The molecule has 0 amide bonds. The van der Waals surface area contributed by atoms with Gasteiger partial charge in [0, 0.05) is 8.95 Å². The third-order valence-electron chi connectivity index (χ3n) is 2.38. The van der Waals surface area contributed by atoms with Crippen LogP contribution in [0.4, 0.5) is 11.4 Å². The molecule has 0 aliphatic carbocycles. The van der Waals surface area contributed by atoms with Crippen LogP contribution in [-0.4, -0.2) is 8.42 Å². The van der Waals surface area contributed by atoms with Crippen LogP contribution in [0.3, 0.4) is 0 Å². The first-order valence-corrected chi connectivity index (χ1v) is 8.29. The molecular weight excluding hydrogens is 396 g/mol. The molecule has 0 atom stereocenters. The van der Waals surface area contributed by atoms with Crippen LogP contribution in [0.2, 0.25) is 0 Å². The van der Waals surface area contributed by atoms with Crippen molar-refractivity contribution in [3.8, 4) is 0 Å². The van der Waals surface area contributed by atoms with Gasteiger partial charge in [-0.3, -0.25) is 4.72 Å². The first-order chi connectivity index (χ1) is 8.90. The van der Waals surface area contributed by atoms with Gasteiger partial charge in [0.1, 0.15) is 4.90 Å². The molecule has 3 N–H and O–H groups in total. The monoisotopic (exact) mass is 404 g/mol. The summed E-state index contributed by atoms with van der Waals surface area (Å²) in [4.78, 5) is 0.164. The average molecular weight is 406 g/mol. The second kappa shape index (κ2) is 5.52. The molecule has 0 fully saturated rings. The maximum Gasteiger partial charge on any atom is 0.263 e. The van der Waals surface area contributed by atoms with E-state index in [2.05, 4.69) is 36.6 Å². The van der Waals surface area contributed by atoms with Gasteiger partial charge in [-0.15, -0.1) is 0 Å². The number of sulfonamides is 1. The predicted octanol–water partition coefficient (Wildman–Crippen LogP) is 3.59. The zero-order valence-electron chi connectivity index (χ0n) is 9.60. The first kappa shape index (κ1) is 14.4. The van der Waals surface area contributed by atoms with Gasteiger partial charge in [0.05, 0.1) is 11.4 Å². The fourth-order valence-corrected chi connectivity index (χ4v) is 3.96. The Morgan fingerprint density at radius 1 is 1.05 bits per heavy atom. The zero-order chi connectivity index (χ0) is 14.0. The molecule has 0 bridgehead atoms. The third kappa shape index (κ3) is 3.29. The van der Waals surface area contributed by atoms with Crippen LogP contribution >= 0.6 is 31.9 Å². The van der Waals surface area contributed by atoms with Crippen molar-refractivity contribution in [2.75, 3.05) is 10.5 Å². The topological polar surface area (TPSA) is 72.2 Å². The number of nitrogens with one attached hydrogen (secondary N) is 1. The third-order valence-corrected chi connectivity index (χ3v) is 5.25. The molecule has 0 spiro atoms. The van der Waals surface area contributed by atoms with Crippen LogP contribution in [0.25, 0.3) is 0 Å². The van der Waals surface area contributed by atoms with E-state index in [1.165, 1.54) is 6.07 Å². The van der Waals surface area contributed by atoms with E-state index in [0.717, 1.165) is 4.47 Å². The summed E-state index contributed by atoms with van der Waals surface area (Å²) in [7, 11) is -3.67. The summed E-state index contributed by atoms with van der Waals surface area (Å²) in [6, 6.07) is 11.5. The van der Waals surface area contributed by atoms with Crippen molar-refractivity contribution < 1.29 is 8.42 Å². The fourth-order valence-electron chi connectivity index (χ4n) is 1.49. The molecule has 0 aliphatic rings. The van der Waals surface area contributed by atoms with Gasteiger partial charge in [-0.1, -0.05) is 28.1 Å². The molecule has 0 heterocycles. The van der Waals surface area contributed by atoms with E-state index in [9.17, 15) is 8.42 Å². The van der Waals surface area contributed by atoms with Crippen LogP contribution in [-0.2, 0) is 10.0 Å². The Bertz CT molecular complexity index is 717. The molecule has 4 nitrogen and oxygen atoms in total. The minimum Gasteiger partial charge on any atom is -0.397 e. The number of hydrogen-bond donors (Lipinski definition) is 2. The Balaban J connectivity index is 2.40. The molecule has 100 valence electrons. The second-order valence-corrected chi connectivity index (χ2v) is 7.19. The lowest BCUT2D eigenvalue weighted by atomic mass is 10.3. The molecule has 0 saturated carbocycles.